The maximum Gasteiger partial charge on any atom is 0.147 e. The van der Waals surface area contributed by atoms with E-state index in [4.69, 9.17) is 45.3 Å². The zero-order chi connectivity index (χ0) is 14.7. The summed E-state index contributed by atoms with van der Waals surface area (Å²) >= 11 is 17.9. The topological polar surface area (TPSA) is 35.2 Å². The van der Waals surface area contributed by atoms with Crippen molar-refractivity contribution < 1.29 is 4.74 Å². The third kappa shape index (κ3) is 4.03. The Hall–Kier alpha value is -0.930. The Kier molecular flexibility index (Phi) is 5.17. The molecule has 0 heterocycles. The highest BCUT2D eigenvalue weighted by Gasteiger charge is 2.08. The van der Waals surface area contributed by atoms with E-state index in [2.05, 4.69) is 0 Å². The normalized spacial score (nSPS) is 12.2. The van der Waals surface area contributed by atoms with Gasteiger partial charge in [0.25, 0.3) is 0 Å². The van der Waals surface area contributed by atoms with Gasteiger partial charge >= 0.3 is 0 Å². The van der Waals surface area contributed by atoms with Gasteiger partial charge in [0, 0.05) is 12.1 Å². The quantitative estimate of drug-likeness (QED) is 0.769. The minimum absolute atomic E-state index is 0.131. The molecule has 2 aromatic carbocycles. The summed E-state index contributed by atoms with van der Waals surface area (Å²) in [4.78, 5) is 0. The van der Waals surface area contributed by atoms with Gasteiger partial charge in [-0.05, 0) is 37.1 Å². The first kappa shape index (κ1) is 15.5. The van der Waals surface area contributed by atoms with E-state index < -0.39 is 0 Å². The largest absolute Gasteiger partial charge is 0.456 e. The van der Waals surface area contributed by atoms with Crippen LogP contribution < -0.4 is 10.5 Å². The Morgan fingerprint density at radius 3 is 2.20 bits per heavy atom. The van der Waals surface area contributed by atoms with E-state index in [1.165, 1.54) is 0 Å². The number of halogens is 3. The molecule has 2 nitrogen and oxygen atoms in total. The summed E-state index contributed by atoms with van der Waals surface area (Å²) in [5, 5.41) is 1.22. The molecule has 5 heteroatoms. The predicted molar refractivity (Wildman–Crippen MR) is 85.3 cm³/mol. The zero-order valence-corrected chi connectivity index (χ0v) is 13.1. The monoisotopic (exact) mass is 329 g/mol. The number of rotatable bonds is 4. The average Bonchev–Trinajstić information content (AvgIpc) is 2.37. The van der Waals surface area contributed by atoms with Crippen LogP contribution in [0.3, 0.4) is 0 Å². The van der Waals surface area contributed by atoms with Gasteiger partial charge in [0.2, 0.25) is 0 Å². The second kappa shape index (κ2) is 6.68. The first-order valence-corrected chi connectivity index (χ1v) is 7.26. The van der Waals surface area contributed by atoms with Gasteiger partial charge in [0.05, 0.1) is 15.1 Å². The molecule has 106 valence electrons. The highest BCUT2D eigenvalue weighted by molar-refractivity contribution is 6.43. The molecule has 0 spiro atoms. The number of nitrogens with two attached hydrogens (primary N) is 1. The predicted octanol–water partition coefficient (Wildman–Crippen LogP) is 5.33. The molecule has 0 aliphatic heterocycles. The van der Waals surface area contributed by atoms with E-state index in [0.29, 0.717) is 26.6 Å². The van der Waals surface area contributed by atoms with Gasteiger partial charge in [-0.25, -0.2) is 0 Å². The molecule has 0 aliphatic rings. The van der Waals surface area contributed by atoms with Crippen molar-refractivity contribution in [1.82, 2.24) is 0 Å². The van der Waals surface area contributed by atoms with Crippen molar-refractivity contribution in [2.24, 2.45) is 5.73 Å². The fraction of sp³-hybridized carbons (Fsp3) is 0.200. The minimum atomic E-state index is 0.131. The Labute approximate surface area is 133 Å². The van der Waals surface area contributed by atoms with Crippen LogP contribution >= 0.6 is 34.8 Å². The van der Waals surface area contributed by atoms with Gasteiger partial charge in [0.15, 0.2) is 0 Å². The lowest BCUT2D eigenvalue weighted by molar-refractivity contribution is 0.482. The Bertz CT molecular complexity index is 597. The molecule has 0 aliphatic carbocycles. The average molecular weight is 331 g/mol. The van der Waals surface area contributed by atoms with Gasteiger partial charge in [-0.2, -0.15) is 0 Å². The van der Waals surface area contributed by atoms with Crippen molar-refractivity contribution in [3.05, 3.63) is 57.0 Å². The highest BCUT2D eigenvalue weighted by atomic mass is 35.5. The van der Waals surface area contributed by atoms with Crippen molar-refractivity contribution >= 4 is 34.8 Å². The zero-order valence-electron chi connectivity index (χ0n) is 10.9. The molecule has 2 aromatic rings. The van der Waals surface area contributed by atoms with Crippen molar-refractivity contribution in [3.8, 4) is 11.5 Å². The number of hydrogen-bond donors (Lipinski definition) is 1. The van der Waals surface area contributed by atoms with Gasteiger partial charge in [-0.15, -0.1) is 0 Å². The standard InChI is InChI=1S/C15H14Cl3NO/c1-9(19)6-10-2-4-11(5-3-10)20-15-8-13(17)12(16)7-14(15)18/h2-5,7-9H,6,19H2,1H3. The summed E-state index contributed by atoms with van der Waals surface area (Å²) in [5.74, 6) is 1.15. The van der Waals surface area contributed by atoms with Crippen molar-refractivity contribution in [3.63, 3.8) is 0 Å². The second-order valence-electron chi connectivity index (χ2n) is 4.62. The van der Waals surface area contributed by atoms with Crippen LogP contribution in [-0.2, 0) is 6.42 Å². The lowest BCUT2D eigenvalue weighted by Gasteiger charge is -2.10. The summed E-state index contributed by atoms with van der Waals surface area (Å²) in [6.45, 7) is 1.97. The smallest absolute Gasteiger partial charge is 0.147 e. The van der Waals surface area contributed by atoms with Gasteiger partial charge in [0.1, 0.15) is 11.5 Å². The lowest BCUT2D eigenvalue weighted by atomic mass is 10.1. The molecule has 0 radical (unpaired) electrons. The van der Waals surface area contributed by atoms with E-state index in [0.717, 1.165) is 12.0 Å². The van der Waals surface area contributed by atoms with Crippen LogP contribution in [-0.4, -0.2) is 6.04 Å². The summed E-state index contributed by atoms with van der Waals surface area (Å²) in [7, 11) is 0. The van der Waals surface area contributed by atoms with Crippen LogP contribution in [0.4, 0.5) is 0 Å². The molecular formula is C15H14Cl3NO. The first-order chi connectivity index (χ1) is 9.45. The maximum absolute atomic E-state index is 6.07. The molecule has 0 fully saturated rings. The van der Waals surface area contributed by atoms with E-state index >= 15 is 0 Å². The minimum Gasteiger partial charge on any atom is -0.456 e. The van der Waals surface area contributed by atoms with E-state index in [1.54, 1.807) is 12.1 Å². The molecule has 0 bridgehead atoms. The SMILES string of the molecule is CC(N)Cc1ccc(Oc2cc(Cl)c(Cl)cc2Cl)cc1. The fourth-order valence-corrected chi connectivity index (χ4v) is 2.35. The highest BCUT2D eigenvalue weighted by Crippen LogP contribution is 2.36. The number of hydrogen-bond acceptors (Lipinski definition) is 2. The van der Waals surface area contributed by atoms with E-state index in [-0.39, 0.29) is 6.04 Å². The third-order valence-electron chi connectivity index (χ3n) is 2.68. The van der Waals surface area contributed by atoms with Crippen LogP contribution in [0.25, 0.3) is 0 Å². The molecule has 0 amide bonds. The molecule has 1 atom stereocenters. The molecule has 0 saturated carbocycles. The van der Waals surface area contributed by atoms with Crippen LogP contribution in [0.1, 0.15) is 12.5 Å². The van der Waals surface area contributed by atoms with Crippen LogP contribution in [0, 0.1) is 0 Å². The summed E-state index contributed by atoms with van der Waals surface area (Å²) in [5.41, 5.74) is 6.92. The number of ether oxygens (including phenoxy) is 1. The lowest BCUT2D eigenvalue weighted by Crippen LogP contribution is -2.17. The Morgan fingerprint density at radius 2 is 1.60 bits per heavy atom. The molecule has 2 N–H and O–H groups in total. The van der Waals surface area contributed by atoms with Crippen LogP contribution in [0.2, 0.25) is 15.1 Å². The van der Waals surface area contributed by atoms with Gasteiger partial charge in [-0.3, -0.25) is 0 Å². The molecule has 0 saturated heterocycles. The van der Waals surface area contributed by atoms with Crippen molar-refractivity contribution in [2.75, 3.05) is 0 Å². The third-order valence-corrected chi connectivity index (χ3v) is 3.70. The molecule has 1 unspecified atom stereocenters. The molecular weight excluding hydrogens is 317 g/mol. The fourth-order valence-electron chi connectivity index (χ4n) is 1.77. The summed E-state index contributed by atoms with van der Waals surface area (Å²) in [6.07, 6.45) is 0.827. The molecule has 2 rings (SSSR count). The van der Waals surface area contributed by atoms with E-state index in [9.17, 15) is 0 Å². The molecule has 0 aromatic heterocycles. The van der Waals surface area contributed by atoms with E-state index in [1.807, 2.05) is 31.2 Å². The van der Waals surface area contributed by atoms with Gasteiger partial charge < -0.3 is 10.5 Å². The Balaban J connectivity index is 2.16. The second-order valence-corrected chi connectivity index (χ2v) is 5.85. The Morgan fingerprint density at radius 1 is 1.00 bits per heavy atom. The van der Waals surface area contributed by atoms with Crippen molar-refractivity contribution in [2.45, 2.75) is 19.4 Å². The number of benzene rings is 2. The summed E-state index contributed by atoms with van der Waals surface area (Å²) < 4.78 is 5.70. The van der Waals surface area contributed by atoms with Gasteiger partial charge in [-0.1, -0.05) is 46.9 Å². The maximum atomic E-state index is 6.07. The van der Waals surface area contributed by atoms with Crippen LogP contribution in [0.5, 0.6) is 11.5 Å². The first-order valence-electron chi connectivity index (χ1n) is 6.12. The summed E-state index contributed by atoms with van der Waals surface area (Å²) in [6, 6.07) is 11.0. The molecule has 20 heavy (non-hydrogen) atoms. The van der Waals surface area contributed by atoms with Crippen LogP contribution in [0.15, 0.2) is 36.4 Å². The van der Waals surface area contributed by atoms with Crippen molar-refractivity contribution in [1.29, 1.82) is 0 Å².